The Balaban J connectivity index is 1.54. The summed E-state index contributed by atoms with van der Waals surface area (Å²) in [4.78, 5) is 13.0. The third-order valence-corrected chi connectivity index (χ3v) is 5.89. The molecule has 0 saturated carbocycles. The van der Waals surface area contributed by atoms with Crippen LogP contribution in [0, 0.1) is 6.92 Å². The Hall–Kier alpha value is -2.57. The molecule has 31 heavy (non-hydrogen) atoms. The maximum absolute atomic E-state index is 10.8. The van der Waals surface area contributed by atoms with E-state index in [2.05, 4.69) is 48.2 Å². The zero-order chi connectivity index (χ0) is 22.1. The van der Waals surface area contributed by atoms with E-state index in [0.717, 1.165) is 38.1 Å². The maximum atomic E-state index is 10.8. The fourth-order valence-corrected chi connectivity index (χ4v) is 4.29. The molecule has 6 heteroatoms. The molecule has 1 heterocycles. The summed E-state index contributed by atoms with van der Waals surface area (Å²) >= 11 is 0. The van der Waals surface area contributed by atoms with E-state index in [0.29, 0.717) is 19.8 Å². The molecule has 1 aliphatic rings. The highest BCUT2D eigenvalue weighted by Gasteiger charge is 2.22. The van der Waals surface area contributed by atoms with Crippen molar-refractivity contribution in [2.75, 3.05) is 40.0 Å². The summed E-state index contributed by atoms with van der Waals surface area (Å²) in [5.74, 6) is 1.10. The Morgan fingerprint density at radius 2 is 2.03 bits per heavy atom. The standard InChI is InChI=1S/C25H33NO5/c1-19-7-3-4-11-23(19)24(20-8-5-9-21(17-20)29-2)12-15-30-16-14-26-13-6-10-22(18-26)31-25(27)28/h3-5,7-9,11,17,22,24H,6,10,12-16,18H2,1-2H3,(H,27,28)/t22-,24?/m1/s1. The van der Waals surface area contributed by atoms with E-state index in [1.807, 2.05) is 12.1 Å². The monoisotopic (exact) mass is 427 g/mol. The molecule has 2 atom stereocenters. The molecule has 168 valence electrons. The first-order valence-corrected chi connectivity index (χ1v) is 11.0. The number of hydrogen-bond acceptors (Lipinski definition) is 5. The van der Waals surface area contributed by atoms with Crippen molar-refractivity contribution >= 4 is 6.16 Å². The molecule has 2 aromatic carbocycles. The first-order valence-electron chi connectivity index (χ1n) is 11.0. The number of carbonyl (C=O) groups is 1. The first-order chi connectivity index (χ1) is 15.1. The topological polar surface area (TPSA) is 68.2 Å². The molecule has 3 rings (SSSR count). The van der Waals surface area contributed by atoms with Crippen molar-refractivity contribution in [3.63, 3.8) is 0 Å². The van der Waals surface area contributed by atoms with Crippen LogP contribution in [0.15, 0.2) is 48.5 Å². The molecule has 1 saturated heterocycles. The van der Waals surface area contributed by atoms with Crippen molar-refractivity contribution in [2.24, 2.45) is 0 Å². The van der Waals surface area contributed by atoms with Crippen LogP contribution in [0.25, 0.3) is 0 Å². The van der Waals surface area contributed by atoms with E-state index < -0.39 is 6.16 Å². The van der Waals surface area contributed by atoms with E-state index in [1.54, 1.807) is 7.11 Å². The molecule has 0 amide bonds. The molecule has 0 spiro atoms. The molecule has 6 nitrogen and oxygen atoms in total. The molecule has 1 aliphatic heterocycles. The van der Waals surface area contributed by atoms with Crippen molar-refractivity contribution in [2.45, 2.75) is 38.2 Å². The summed E-state index contributed by atoms with van der Waals surface area (Å²) in [5, 5.41) is 8.82. The molecule has 2 aromatic rings. The number of methoxy groups -OCH3 is 1. The molecule has 1 fully saturated rings. The van der Waals surface area contributed by atoms with E-state index >= 15 is 0 Å². The smallest absolute Gasteiger partial charge is 0.497 e. The molecule has 0 aliphatic carbocycles. The molecule has 0 bridgehead atoms. The summed E-state index contributed by atoms with van der Waals surface area (Å²) in [6.45, 7) is 5.81. The third kappa shape index (κ3) is 6.97. The largest absolute Gasteiger partial charge is 0.506 e. The van der Waals surface area contributed by atoms with Gasteiger partial charge in [0, 0.05) is 25.6 Å². The van der Waals surface area contributed by atoms with Crippen LogP contribution in [0.2, 0.25) is 0 Å². The first kappa shape index (κ1) is 23.1. The predicted octanol–water partition coefficient (Wildman–Crippen LogP) is 4.70. The number of carboxylic acid groups (broad SMARTS) is 1. The van der Waals surface area contributed by atoms with Gasteiger partial charge in [0.15, 0.2) is 0 Å². The molecule has 1 N–H and O–H groups in total. The van der Waals surface area contributed by atoms with Gasteiger partial charge >= 0.3 is 6.16 Å². The van der Waals surface area contributed by atoms with Gasteiger partial charge in [0.2, 0.25) is 0 Å². The summed E-state index contributed by atoms with van der Waals surface area (Å²) in [6, 6.07) is 16.7. The minimum Gasteiger partial charge on any atom is -0.497 e. The van der Waals surface area contributed by atoms with Crippen LogP contribution in [0.3, 0.4) is 0 Å². The van der Waals surface area contributed by atoms with E-state index in [4.69, 9.17) is 19.3 Å². The van der Waals surface area contributed by atoms with Gasteiger partial charge in [-0.2, -0.15) is 0 Å². The zero-order valence-electron chi connectivity index (χ0n) is 18.5. The Bertz CT molecular complexity index is 840. The van der Waals surface area contributed by atoms with Gasteiger partial charge in [0.25, 0.3) is 0 Å². The molecule has 0 radical (unpaired) electrons. The van der Waals surface area contributed by atoms with Gasteiger partial charge in [-0.05, 0) is 61.6 Å². The third-order valence-electron chi connectivity index (χ3n) is 5.89. The number of likely N-dealkylation sites (tertiary alicyclic amines) is 1. The number of aryl methyl sites for hydroxylation is 1. The van der Waals surface area contributed by atoms with Gasteiger partial charge in [-0.3, -0.25) is 4.90 Å². The Kier molecular flexibility index (Phi) is 8.74. The van der Waals surface area contributed by atoms with Crippen molar-refractivity contribution < 1.29 is 24.1 Å². The van der Waals surface area contributed by atoms with E-state index in [-0.39, 0.29) is 12.0 Å². The number of hydrogen-bond donors (Lipinski definition) is 1. The second-order valence-corrected chi connectivity index (χ2v) is 8.04. The summed E-state index contributed by atoms with van der Waals surface area (Å²) in [6.07, 6.45) is 1.20. The van der Waals surface area contributed by atoms with Gasteiger partial charge in [-0.25, -0.2) is 4.79 Å². The zero-order valence-corrected chi connectivity index (χ0v) is 18.5. The van der Waals surface area contributed by atoms with Crippen LogP contribution in [0.4, 0.5) is 4.79 Å². The molecular weight excluding hydrogens is 394 g/mol. The summed E-state index contributed by atoms with van der Waals surface area (Å²) in [7, 11) is 1.69. The van der Waals surface area contributed by atoms with Crippen LogP contribution in [-0.4, -0.2) is 62.2 Å². The average molecular weight is 428 g/mol. The van der Waals surface area contributed by atoms with Crippen LogP contribution in [0.5, 0.6) is 5.75 Å². The lowest BCUT2D eigenvalue weighted by Gasteiger charge is -2.31. The van der Waals surface area contributed by atoms with Crippen molar-refractivity contribution in [3.8, 4) is 5.75 Å². The van der Waals surface area contributed by atoms with Gasteiger partial charge in [-0.1, -0.05) is 36.4 Å². The fourth-order valence-electron chi connectivity index (χ4n) is 4.29. The van der Waals surface area contributed by atoms with Gasteiger partial charge < -0.3 is 19.3 Å². The normalized spacial score (nSPS) is 17.8. The highest BCUT2D eigenvalue weighted by Crippen LogP contribution is 2.32. The van der Waals surface area contributed by atoms with Gasteiger partial charge in [0.05, 0.1) is 13.7 Å². The number of rotatable bonds is 10. The molecule has 1 unspecified atom stereocenters. The maximum Gasteiger partial charge on any atom is 0.506 e. The number of benzene rings is 2. The Morgan fingerprint density at radius 3 is 2.81 bits per heavy atom. The second kappa shape index (κ2) is 11.7. The minimum atomic E-state index is -1.19. The number of nitrogens with zero attached hydrogens (tertiary/aromatic N) is 1. The number of ether oxygens (including phenoxy) is 3. The van der Waals surface area contributed by atoms with Gasteiger partial charge in [-0.15, -0.1) is 0 Å². The van der Waals surface area contributed by atoms with Gasteiger partial charge in [0.1, 0.15) is 11.9 Å². The lowest BCUT2D eigenvalue weighted by molar-refractivity contribution is 0.00558. The summed E-state index contributed by atoms with van der Waals surface area (Å²) in [5.41, 5.74) is 3.80. The molecule has 0 aromatic heterocycles. The lowest BCUT2D eigenvalue weighted by atomic mass is 9.86. The van der Waals surface area contributed by atoms with E-state index in [1.165, 1.54) is 16.7 Å². The fraction of sp³-hybridized carbons (Fsp3) is 0.480. The highest BCUT2D eigenvalue weighted by atomic mass is 16.7. The summed E-state index contributed by atoms with van der Waals surface area (Å²) < 4.78 is 16.4. The van der Waals surface area contributed by atoms with Crippen LogP contribution in [-0.2, 0) is 9.47 Å². The average Bonchev–Trinajstić information content (AvgIpc) is 2.77. The van der Waals surface area contributed by atoms with E-state index in [9.17, 15) is 4.79 Å². The Morgan fingerprint density at radius 1 is 1.19 bits per heavy atom. The Labute approximate surface area is 184 Å². The highest BCUT2D eigenvalue weighted by molar-refractivity contribution is 5.57. The van der Waals surface area contributed by atoms with Crippen molar-refractivity contribution in [1.29, 1.82) is 0 Å². The predicted molar refractivity (Wildman–Crippen MR) is 120 cm³/mol. The molecular formula is C25H33NO5. The van der Waals surface area contributed by atoms with Crippen LogP contribution >= 0.6 is 0 Å². The minimum absolute atomic E-state index is 0.232. The van der Waals surface area contributed by atoms with Crippen molar-refractivity contribution in [3.05, 3.63) is 65.2 Å². The SMILES string of the molecule is COc1cccc(C(CCOCCN2CCC[C@@H](OC(=O)O)C2)c2ccccc2C)c1. The lowest BCUT2D eigenvalue weighted by Crippen LogP contribution is -2.41. The quantitative estimate of drug-likeness (QED) is 0.438. The van der Waals surface area contributed by atoms with Crippen molar-refractivity contribution in [1.82, 2.24) is 4.90 Å². The second-order valence-electron chi connectivity index (χ2n) is 8.04. The van der Waals surface area contributed by atoms with Crippen LogP contribution in [0.1, 0.15) is 41.9 Å². The van der Waals surface area contributed by atoms with Crippen LogP contribution < -0.4 is 4.74 Å². The number of piperidine rings is 1.